The van der Waals surface area contributed by atoms with Crippen LogP contribution in [0.25, 0.3) is 0 Å². The Bertz CT molecular complexity index is 496. The summed E-state index contributed by atoms with van der Waals surface area (Å²) < 4.78 is 0. The van der Waals surface area contributed by atoms with Crippen molar-refractivity contribution in [3.8, 4) is 0 Å². The molecule has 7 atom stereocenters. The number of aliphatic hydroxyl groups is 1. The summed E-state index contributed by atoms with van der Waals surface area (Å²) in [6, 6.07) is 0. The molecule has 0 heterocycles. The molecule has 0 saturated heterocycles. The normalized spacial score (nSPS) is 55.8. The molecule has 2 heteroatoms. The molecule has 21 heavy (non-hydrogen) atoms. The molecule has 3 fully saturated rings. The van der Waals surface area contributed by atoms with Crippen LogP contribution in [-0.4, -0.2) is 17.0 Å². The minimum atomic E-state index is -0.0857. The summed E-state index contributed by atoms with van der Waals surface area (Å²) in [6.45, 7) is 4.74. The van der Waals surface area contributed by atoms with E-state index < -0.39 is 0 Å². The molecule has 4 unspecified atom stereocenters. The molecule has 0 amide bonds. The molecule has 116 valence electrons. The van der Waals surface area contributed by atoms with Crippen molar-refractivity contribution in [3.63, 3.8) is 0 Å². The highest BCUT2D eigenvalue weighted by atomic mass is 16.3. The highest BCUT2D eigenvalue weighted by molar-refractivity contribution is 5.91. The Balaban J connectivity index is 1.68. The van der Waals surface area contributed by atoms with Gasteiger partial charge in [0.25, 0.3) is 0 Å². The Labute approximate surface area is 128 Å². The van der Waals surface area contributed by atoms with Gasteiger partial charge in [0.1, 0.15) is 0 Å². The van der Waals surface area contributed by atoms with Crippen LogP contribution in [0.5, 0.6) is 0 Å². The van der Waals surface area contributed by atoms with Gasteiger partial charge >= 0.3 is 0 Å². The second-order valence-corrected chi connectivity index (χ2v) is 8.66. The number of hydrogen-bond donors (Lipinski definition) is 1. The fourth-order valence-electron chi connectivity index (χ4n) is 6.61. The first-order chi connectivity index (χ1) is 9.95. The van der Waals surface area contributed by atoms with Crippen molar-refractivity contribution in [1.82, 2.24) is 0 Å². The monoisotopic (exact) mass is 288 g/mol. The highest BCUT2D eigenvalue weighted by Gasteiger charge is 2.59. The van der Waals surface area contributed by atoms with Gasteiger partial charge in [0.15, 0.2) is 5.78 Å². The summed E-state index contributed by atoms with van der Waals surface area (Å²) >= 11 is 0. The van der Waals surface area contributed by atoms with Crippen LogP contribution < -0.4 is 0 Å². The molecule has 1 N–H and O–H groups in total. The molecule has 0 spiro atoms. The quantitative estimate of drug-likeness (QED) is 0.737. The molecule has 0 radical (unpaired) electrons. The number of aliphatic hydroxyl groups excluding tert-OH is 1. The number of rotatable bonds is 0. The largest absolute Gasteiger partial charge is 0.393 e. The zero-order valence-electron chi connectivity index (χ0n) is 13.3. The molecule has 4 aliphatic carbocycles. The molecule has 0 aliphatic heterocycles. The van der Waals surface area contributed by atoms with Crippen molar-refractivity contribution in [3.05, 3.63) is 12.2 Å². The minimum absolute atomic E-state index is 0.0857. The van der Waals surface area contributed by atoms with E-state index in [-0.39, 0.29) is 16.9 Å². The van der Waals surface area contributed by atoms with Gasteiger partial charge in [0.2, 0.25) is 0 Å². The number of ketones is 1. The van der Waals surface area contributed by atoms with Crippen molar-refractivity contribution in [2.24, 2.45) is 34.5 Å². The molecular weight excluding hydrogens is 260 g/mol. The Morgan fingerprint density at radius 3 is 2.71 bits per heavy atom. The number of fused-ring (bicyclic) bond motifs is 5. The van der Waals surface area contributed by atoms with Crippen LogP contribution >= 0.6 is 0 Å². The van der Waals surface area contributed by atoms with Gasteiger partial charge in [-0.1, -0.05) is 19.9 Å². The van der Waals surface area contributed by atoms with Crippen LogP contribution in [0.3, 0.4) is 0 Å². The lowest BCUT2D eigenvalue weighted by Crippen LogP contribution is -2.52. The first-order valence-electron chi connectivity index (χ1n) is 8.85. The third-order valence-electron chi connectivity index (χ3n) is 7.99. The van der Waals surface area contributed by atoms with Crippen molar-refractivity contribution in [2.45, 2.75) is 64.9 Å². The van der Waals surface area contributed by atoms with Crippen molar-refractivity contribution < 1.29 is 9.90 Å². The van der Waals surface area contributed by atoms with Crippen LogP contribution in [0, 0.1) is 34.5 Å². The van der Waals surface area contributed by atoms with E-state index in [2.05, 4.69) is 19.9 Å². The summed E-state index contributed by atoms with van der Waals surface area (Å²) in [4.78, 5) is 11.8. The van der Waals surface area contributed by atoms with Crippen LogP contribution in [0.15, 0.2) is 12.2 Å². The molecule has 0 aromatic heterocycles. The van der Waals surface area contributed by atoms with Gasteiger partial charge in [0.05, 0.1) is 6.10 Å². The molecular formula is C19H28O2. The summed E-state index contributed by atoms with van der Waals surface area (Å²) in [6.07, 6.45) is 11.9. The number of carbonyl (C=O) groups is 1. The van der Waals surface area contributed by atoms with E-state index in [9.17, 15) is 9.90 Å². The van der Waals surface area contributed by atoms with E-state index in [0.29, 0.717) is 17.6 Å². The Morgan fingerprint density at radius 1 is 1.10 bits per heavy atom. The zero-order chi connectivity index (χ0) is 14.8. The summed E-state index contributed by atoms with van der Waals surface area (Å²) in [5.74, 6) is 3.08. The van der Waals surface area contributed by atoms with Crippen LogP contribution in [0.2, 0.25) is 0 Å². The molecule has 0 aromatic rings. The lowest BCUT2D eigenvalue weighted by molar-refractivity contribution is -0.123. The number of carbonyl (C=O) groups excluding carboxylic acids is 1. The van der Waals surface area contributed by atoms with Gasteiger partial charge in [-0.3, -0.25) is 4.79 Å². The molecule has 4 rings (SSSR count). The van der Waals surface area contributed by atoms with Crippen LogP contribution in [0.4, 0.5) is 0 Å². The van der Waals surface area contributed by atoms with Crippen LogP contribution in [0.1, 0.15) is 58.8 Å². The predicted molar refractivity (Wildman–Crippen MR) is 82.6 cm³/mol. The highest BCUT2D eigenvalue weighted by Crippen LogP contribution is 2.64. The van der Waals surface area contributed by atoms with Gasteiger partial charge in [-0.2, -0.15) is 0 Å². The van der Waals surface area contributed by atoms with Gasteiger partial charge in [0, 0.05) is 6.42 Å². The van der Waals surface area contributed by atoms with E-state index in [1.54, 1.807) is 0 Å². The molecule has 0 aromatic carbocycles. The van der Waals surface area contributed by atoms with Gasteiger partial charge in [-0.05, 0) is 79.1 Å². The summed E-state index contributed by atoms with van der Waals surface area (Å²) in [7, 11) is 0. The smallest absolute Gasteiger partial charge is 0.155 e. The average molecular weight is 288 g/mol. The Hall–Kier alpha value is -0.630. The first-order valence-corrected chi connectivity index (χ1v) is 8.85. The molecule has 3 saturated carbocycles. The van der Waals surface area contributed by atoms with E-state index >= 15 is 0 Å². The lowest BCUT2D eigenvalue weighted by atomic mass is 9.46. The average Bonchev–Trinajstić information content (AvgIpc) is 2.76. The topological polar surface area (TPSA) is 37.3 Å². The zero-order valence-corrected chi connectivity index (χ0v) is 13.3. The Morgan fingerprint density at radius 2 is 1.90 bits per heavy atom. The molecule has 4 aliphatic rings. The van der Waals surface area contributed by atoms with Crippen molar-refractivity contribution in [2.75, 3.05) is 0 Å². The van der Waals surface area contributed by atoms with Crippen molar-refractivity contribution in [1.29, 1.82) is 0 Å². The number of allylic oxidation sites excluding steroid dienone is 2. The van der Waals surface area contributed by atoms with E-state index in [1.807, 2.05) is 6.08 Å². The molecule has 0 bridgehead atoms. The van der Waals surface area contributed by atoms with Gasteiger partial charge in [-0.25, -0.2) is 0 Å². The van der Waals surface area contributed by atoms with Gasteiger partial charge < -0.3 is 5.11 Å². The summed E-state index contributed by atoms with van der Waals surface area (Å²) in [5, 5.41) is 10.4. The minimum Gasteiger partial charge on any atom is -0.393 e. The summed E-state index contributed by atoms with van der Waals surface area (Å²) in [5.41, 5.74) is 0.393. The fourth-order valence-corrected chi connectivity index (χ4v) is 6.61. The van der Waals surface area contributed by atoms with Gasteiger partial charge in [-0.15, -0.1) is 0 Å². The maximum absolute atomic E-state index is 11.8. The SMILES string of the molecule is C[C@]12C=CC(=O)CC1CCC1C2CC[C@@]2(C)C1CC[C@H]2O. The Kier molecular flexibility index (Phi) is 2.96. The lowest BCUT2D eigenvalue weighted by Gasteiger charge is -2.58. The fraction of sp³-hybridized carbons (Fsp3) is 0.842. The number of hydrogen-bond acceptors (Lipinski definition) is 2. The first kappa shape index (κ1) is 14.0. The second kappa shape index (κ2) is 4.44. The second-order valence-electron chi connectivity index (χ2n) is 8.66. The third-order valence-corrected chi connectivity index (χ3v) is 7.99. The van der Waals surface area contributed by atoms with Crippen LogP contribution in [-0.2, 0) is 4.79 Å². The predicted octanol–water partition coefficient (Wildman–Crippen LogP) is 3.74. The van der Waals surface area contributed by atoms with E-state index in [0.717, 1.165) is 24.7 Å². The van der Waals surface area contributed by atoms with Crippen molar-refractivity contribution >= 4 is 5.78 Å². The maximum atomic E-state index is 11.8. The van der Waals surface area contributed by atoms with E-state index in [1.165, 1.54) is 32.1 Å². The maximum Gasteiger partial charge on any atom is 0.155 e. The standard InChI is InChI=1S/C19H28O2/c1-18-9-7-13(20)11-12(18)3-4-14-15-5-6-17(21)19(15,2)10-8-16(14)18/h7,9,12,14-17,21H,3-6,8,10-11H2,1-2H3/t12?,14?,15?,16?,17-,18+,19+/m1/s1. The molecule has 2 nitrogen and oxygen atoms in total. The van der Waals surface area contributed by atoms with E-state index in [4.69, 9.17) is 0 Å². The third kappa shape index (κ3) is 1.78.